The highest BCUT2D eigenvalue weighted by atomic mass is 31.2. The number of hydrogen-bond donors (Lipinski definition) is 1. The molecule has 5 heteroatoms. The van der Waals surface area contributed by atoms with Gasteiger partial charge in [0.15, 0.2) is 0 Å². The predicted molar refractivity (Wildman–Crippen MR) is 60.7 cm³/mol. The van der Waals surface area contributed by atoms with Crippen molar-refractivity contribution in [3.63, 3.8) is 0 Å². The minimum atomic E-state index is -3.79. The average Bonchev–Trinajstić information content (AvgIpc) is 2.15. The number of hydrogen-bond acceptors (Lipinski definition) is 3. The minimum Gasteiger partial charge on any atom is -0.302 e. The van der Waals surface area contributed by atoms with Crippen molar-refractivity contribution in [2.45, 2.75) is 46.5 Å². The van der Waals surface area contributed by atoms with E-state index in [0.717, 1.165) is 25.7 Å². The molecule has 0 amide bonds. The Labute approximate surface area is 92.6 Å². The third-order valence-electron chi connectivity index (χ3n) is 2.16. The molecule has 0 aliphatic heterocycles. The van der Waals surface area contributed by atoms with Crippen molar-refractivity contribution in [1.82, 2.24) is 0 Å². The molecule has 0 heterocycles. The summed E-state index contributed by atoms with van der Waals surface area (Å²) in [6.07, 6.45) is 4.19. The van der Waals surface area contributed by atoms with E-state index in [1.807, 2.05) is 0 Å². The average molecular weight is 238 g/mol. The van der Waals surface area contributed by atoms with Crippen LogP contribution in [-0.2, 0) is 13.6 Å². The van der Waals surface area contributed by atoms with Crippen LogP contribution in [-0.4, -0.2) is 18.1 Å². The zero-order valence-corrected chi connectivity index (χ0v) is 10.8. The Morgan fingerprint density at radius 1 is 1.13 bits per heavy atom. The van der Waals surface area contributed by atoms with Crippen LogP contribution in [0.5, 0.6) is 0 Å². The molecule has 0 aliphatic carbocycles. The Hall–Kier alpha value is 0.110. The lowest BCUT2D eigenvalue weighted by atomic mass is 10.00. The molecule has 1 atom stereocenters. The molecule has 0 rings (SSSR count). The summed E-state index contributed by atoms with van der Waals surface area (Å²) in [4.78, 5) is 9.21. The molecule has 0 spiro atoms. The molecule has 0 aromatic carbocycles. The third kappa shape index (κ3) is 7.97. The van der Waals surface area contributed by atoms with Gasteiger partial charge >= 0.3 is 7.82 Å². The number of rotatable bonds is 9. The van der Waals surface area contributed by atoms with E-state index in [2.05, 4.69) is 18.4 Å². The second kappa shape index (κ2) is 8.28. The van der Waals surface area contributed by atoms with Crippen LogP contribution < -0.4 is 0 Å². The van der Waals surface area contributed by atoms with Crippen LogP contribution in [0.2, 0.25) is 0 Å². The highest BCUT2D eigenvalue weighted by molar-refractivity contribution is 7.47. The zero-order chi connectivity index (χ0) is 11.7. The zero-order valence-electron chi connectivity index (χ0n) is 9.94. The topological polar surface area (TPSA) is 55.8 Å². The lowest BCUT2D eigenvalue weighted by Crippen LogP contribution is -2.09. The van der Waals surface area contributed by atoms with E-state index in [1.165, 1.54) is 0 Å². The maximum Gasteiger partial charge on any atom is 0.472 e. The summed E-state index contributed by atoms with van der Waals surface area (Å²) in [5.74, 6) is 0.362. The highest BCUT2D eigenvalue weighted by Crippen LogP contribution is 2.43. The van der Waals surface area contributed by atoms with E-state index >= 15 is 0 Å². The van der Waals surface area contributed by atoms with E-state index in [0.29, 0.717) is 12.5 Å². The van der Waals surface area contributed by atoms with Gasteiger partial charge in [0.1, 0.15) is 0 Å². The third-order valence-corrected chi connectivity index (χ3v) is 3.22. The summed E-state index contributed by atoms with van der Waals surface area (Å²) in [5, 5.41) is 0. The second-order valence-corrected chi connectivity index (χ2v) is 5.08. The van der Waals surface area contributed by atoms with E-state index in [1.54, 1.807) is 6.92 Å². The summed E-state index contributed by atoms with van der Waals surface area (Å²) in [6.45, 7) is 6.38. The standard InChI is InChI=1S/C10H23O4P/c1-4-7-10(8-5-2)9-14-15(11,12)13-6-3/h10H,4-9H2,1-3H3,(H,11,12). The van der Waals surface area contributed by atoms with Crippen LogP contribution in [0.3, 0.4) is 0 Å². The monoisotopic (exact) mass is 238 g/mol. The Kier molecular flexibility index (Phi) is 8.34. The molecule has 0 aliphatic rings. The molecule has 0 fully saturated rings. The van der Waals surface area contributed by atoms with Crippen molar-refractivity contribution in [2.75, 3.05) is 13.2 Å². The van der Waals surface area contributed by atoms with Gasteiger partial charge in [0.05, 0.1) is 13.2 Å². The van der Waals surface area contributed by atoms with Gasteiger partial charge < -0.3 is 4.89 Å². The maximum absolute atomic E-state index is 11.2. The smallest absolute Gasteiger partial charge is 0.302 e. The molecule has 0 aromatic heterocycles. The second-order valence-electron chi connectivity index (χ2n) is 3.63. The van der Waals surface area contributed by atoms with Gasteiger partial charge in [-0.1, -0.05) is 26.7 Å². The molecular formula is C10H23O4P. The van der Waals surface area contributed by atoms with Crippen molar-refractivity contribution >= 4 is 7.82 Å². The summed E-state index contributed by atoms with van der Waals surface area (Å²) < 4.78 is 20.8. The van der Waals surface area contributed by atoms with Gasteiger partial charge in [-0.2, -0.15) is 0 Å². The van der Waals surface area contributed by atoms with Crippen molar-refractivity contribution in [2.24, 2.45) is 5.92 Å². The first-order valence-corrected chi connectivity index (χ1v) is 7.17. The van der Waals surface area contributed by atoms with Gasteiger partial charge in [0.2, 0.25) is 0 Å². The van der Waals surface area contributed by atoms with Gasteiger partial charge in [-0.15, -0.1) is 0 Å². The van der Waals surface area contributed by atoms with Crippen LogP contribution in [0.25, 0.3) is 0 Å². The van der Waals surface area contributed by atoms with Crippen LogP contribution >= 0.6 is 7.82 Å². The quantitative estimate of drug-likeness (QED) is 0.626. The van der Waals surface area contributed by atoms with Crippen molar-refractivity contribution in [3.05, 3.63) is 0 Å². The van der Waals surface area contributed by atoms with Crippen molar-refractivity contribution in [3.8, 4) is 0 Å². The molecule has 15 heavy (non-hydrogen) atoms. The fourth-order valence-corrected chi connectivity index (χ4v) is 2.33. The van der Waals surface area contributed by atoms with Gasteiger partial charge in [0, 0.05) is 0 Å². The Morgan fingerprint density at radius 3 is 2.07 bits per heavy atom. The minimum absolute atomic E-state index is 0.194. The number of phosphoric acid groups is 1. The van der Waals surface area contributed by atoms with Crippen LogP contribution in [0.15, 0.2) is 0 Å². The van der Waals surface area contributed by atoms with Crippen LogP contribution in [0.4, 0.5) is 0 Å². The van der Waals surface area contributed by atoms with E-state index < -0.39 is 7.82 Å². The summed E-state index contributed by atoms with van der Waals surface area (Å²) in [5.41, 5.74) is 0. The molecule has 1 N–H and O–H groups in total. The van der Waals surface area contributed by atoms with Gasteiger partial charge in [-0.05, 0) is 25.7 Å². The first kappa shape index (κ1) is 15.1. The predicted octanol–water partition coefficient (Wildman–Crippen LogP) is 3.36. The van der Waals surface area contributed by atoms with Crippen molar-refractivity contribution < 1.29 is 18.5 Å². The normalized spacial score (nSPS) is 15.5. The maximum atomic E-state index is 11.2. The summed E-state index contributed by atoms with van der Waals surface area (Å²) in [7, 11) is -3.79. The Morgan fingerprint density at radius 2 is 1.67 bits per heavy atom. The van der Waals surface area contributed by atoms with E-state index in [4.69, 9.17) is 4.52 Å². The SMILES string of the molecule is CCCC(CCC)COP(=O)(O)OCC. The van der Waals surface area contributed by atoms with Gasteiger partial charge in [-0.25, -0.2) is 4.57 Å². The molecule has 92 valence electrons. The highest BCUT2D eigenvalue weighted by Gasteiger charge is 2.21. The Balaban J connectivity index is 3.91. The van der Waals surface area contributed by atoms with Crippen molar-refractivity contribution in [1.29, 1.82) is 0 Å². The summed E-state index contributed by atoms with van der Waals surface area (Å²) >= 11 is 0. The molecule has 1 unspecified atom stereocenters. The first-order chi connectivity index (χ1) is 7.05. The molecule has 0 bridgehead atoms. The Bertz CT molecular complexity index is 190. The van der Waals surface area contributed by atoms with Crippen LogP contribution in [0.1, 0.15) is 46.5 Å². The van der Waals surface area contributed by atoms with Crippen LogP contribution in [0, 0.1) is 5.92 Å². The fourth-order valence-electron chi connectivity index (χ4n) is 1.53. The fraction of sp³-hybridized carbons (Fsp3) is 1.00. The molecule has 0 saturated carbocycles. The largest absolute Gasteiger partial charge is 0.472 e. The van der Waals surface area contributed by atoms with E-state index in [-0.39, 0.29) is 6.61 Å². The number of phosphoric ester groups is 1. The molecule has 0 saturated heterocycles. The molecule has 4 nitrogen and oxygen atoms in total. The lowest BCUT2D eigenvalue weighted by molar-refractivity contribution is 0.130. The molecule has 0 radical (unpaired) electrons. The summed E-state index contributed by atoms with van der Waals surface area (Å²) in [6, 6.07) is 0. The van der Waals surface area contributed by atoms with Gasteiger partial charge in [-0.3, -0.25) is 9.05 Å². The first-order valence-electron chi connectivity index (χ1n) is 5.67. The van der Waals surface area contributed by atoms with Gasteiger partial charge in [0.25, 0.3) is 0 Å². The molecule has 0 aromatic rings. The van der Waals surface area contributed by atoms with E-state index in [9.17, 15) is 9.46 Å². The lowest BCUT2D eigenvalue weighted by Gasteiger charge is -2.17. The molecular weight excluding hydrogens is 215 g/mol.